The van der Waals surface area contributed by atoms with Gasteiger partial charge < -0.3 is 11.5 Å². The van der Waals surface area contributed by atoms with Gasteiger partial charge in [0.2, 0.25) is 0 Å². The average molecular weight is 251 g/mol. The molecule has 0 aliphatic rings. The molecule has 6 heteroatoms. The highest BCUT2D eigenvalue weighted by molar-refractivity contribution is 6.31. The van der Waals surface area contributed by atoms with Gasteiger partial charge in [0.05, 0.1) is 11.3 Å². The Balaban J connectivity index is 2.62. The number of hydrogen-bond donors (Lipinski definition) is 2. The third-order valence-electron chi connectivity index (χ3n) is 2.41. The third-order valence-corrected chi connectivity index (χ3v) is 2.64. The molecule has 0 fully saturated rings. The zero-order valence-corrected chi connectivity index (χ0v) is 9.90. The molecule has 5 nitrogen and oxygen atoms in total. The van der Waals surface area contributed by atoms with Crippen molar-refractivity contribution in [3.63, 3.8) is 0 Å². The summed E-state index contributed by atoms with van der Waals surface area (Å²) < 4.78 is 1.51. The number of aromatic nitrogens is 2. The lowest BCUT2D eigenvalue weighted by Crippen LogP contribution is -2.15. The minimum Gasteiger partial charge on any atom is -0.382 e. The molecule has 0 saturated carbocycles. The molecular weight excluding hydrogens is 240 g/mol. The number of nitrogens with zero attached hydrogens (tertiary/aromatic N) is 2. The van der Waals surface area contributed by atoms with Gasteiger partial charge >= 0.3 is 0 Å². The molecule has 1 aromatic carbocycles. The van der Waals surface area contributed by atoms with Crippen molar-refractivity contribution < 1.29 is 4.79 Å². The zero-order valence-electron chi connectivity index (χ0n) is 9.14. The van der Waals surface area contributed by atoms with Crippen molar-refractivity contribution in [1.29, 1.82) is 0 Å². The van der Waals surface area contributed by atoms with Crippen LogP contribution < -0.4 is 11.5 Å². The van der Waals surface area contributed by atoms with Crippen LogP contribution in [0.2, 0.25) is 5.02 Å². The molecule has 0 saturated heterocycles. The number of rotatable bonds is 2. The van der Waals surface area contributed by atoms with Crippen molar-refractivity contribution in [3.05, 3.63) is 40.5 Å². The molecule has 88 valence electrons. The molecule has 0 bridgehead atoms. The molecule has 2 aromatic rings. The first-order valence-electron chi connectivity index (χ1n) is 4.90. The van der Waals surface area contributed by atoms with Crippen molar-refractivity contribution in [3.8, 4) is 5.69 Å². The fraction of sp³-hybridized carbons (Fsp3) is 0.0909. The van der Waals surface area contributed by atoms with Crippen molar-refractivity contribution >= 4 is 23.3 Å². The van der Waals surface area contributed by atoms with Crippen LogP contribution in [0, 0.1) is 6.92 Å². The maximum atomic E-state index is 11.3. The first kappa shape index (κ1) is 11.5. The van der Waals surface area contributed by atoms with Crippen LogP contribution in [0.25, 0.3) is 5.69 Å². The molecule has 17 heavy (non-hydrogen) atoms. The van der Waals surface area contributed by atoms with Gasteiger partial charge in [-0.1, -0.05) is 11.6 Å². The van der Waals surface area contributed by atoms with Crippen LogP contribution in [0.3, 0.4) is 0 Å². The van der Waals surface area contributed by atoms with Crippen molar-refractivity contribution in [2.75, 3.05) is 5.73 Å². The summed E-state index contributed by atoms with van der Waals surface area (Å²) in [6.07, 6.45) is 1.73. The van der Waals surface area contributed by atoms with Gasteiger partial charge in [-0.05, 0) is 25.1 Å². The highest BCUT2D eigenvalue weighted by atomic mass is 35.5. The van der Waals surface area contributed by atoms with E-state index >= 15 is 0 Å². The van der Waals surface area contributed by atoms with Crippen LogP contribution in [0.4, 0.5) is 5.82 Å². The summed E-state index contributed by atoms with van der Waals surface area (Å²) in [5, 5.41) is 4.54. The summed E-state index contributed by atoms with van der Waals surface area (Å²) in [7, 11) is 0. The summed E-state index contributed by atoms with van der Waals surface area (Å²) in [6, 6.07) is 4.84. The van der Waals surface area contributed by atoms with Crippen LogP contribution >= 0.6 is 11.6 Å². The lowest BCUT2D eigenvalue weighted by Gasteiger charge is -2.06. The van der Waals surface area contributed by atoms with E-state index in [4.69, 9.17) is 23.1 Å². The Morgan fingerprint density at radius 2 is 2.18 bits per heavy atom. The molecule has 0 spiro atoms. The number of primary amides is 1. The number of aryl methyl sites for hydroxylation is 1. The lowest BCUT2D eigenvalue weighted by atomic mass is 10.1. The molecule has 2 rings (SSSR count). The second kappa shape index (κ2) is 4.10. The molecule has 4 N–H and O–H groups in total. The smallest absolute Gasteiger partial charge is 0.250 e. The minimum absolute atomic E-state index is 0.306. The van der Waals surface area contributed by atoms with Crippen LogP contribution in [-0.2, 0) is 0 Å². The number of benzene rings is 1. The maximum Gasteiger partial charge on any atom is 0.250 e. The van der Waals surface area contributed by atoms with E-state index in [0.717, 1.165) is 5.56 Å². The summed E-state index contributed by atoms with van der Waals surface area (Å²) >= 11 is 5.82. The molecule has 0 radical (unpaired) electrons. The standard InChI is InChI=1S/C11H11ClN4O/c1-6-5-16(15-10(6)13)9-3-2-7(12)4-8(9)11(14)17/h2-5H,1H3,(H2,13,15)(H2,14,17). The van der Waals surface area contributed by atoms with Gasteiger partial charge in [-0.3, -0.25) is 4.79 Å². The molecule has 1 amide bonds. The van der Waals surface area contributed by atoms with Gasteiger partial charge in [0, 0.05) is 16.8 Å². The van der Waals surface area contributed by atoms with Gasteiger partial charge in [0.15, 0.2) is 0 Å². The van der Waals surface area contributed by atoms with Gasteiger partial charge in [0.25, 0.3) is 5.91 Å². The molecule has 1 heterocycles. The fourth-order valence-electron chi connectivity index (χ4n) is 1.50. The number of halogens is 1. The average Bonchev–Trinajstić information content (AvgIpc) is 2.59. The summed E-state index contributed by atoms with van der Waals surface area (Å²) in [6.45, 7) is 1.83. The Morgan fingerprint density at radius 1 is 1.47 bits per heavy atom. The topological polar surface area (TPSA) is 86.9 Å². The Morgan fingerprint density at radius 3 is 2.71 bits per heavy atom. The van der Waals surface area contributed by atoms with E-state index in [1.54, 1.807) is 18.3 Å². The predicted molar refractivity (Wildman–Crippen MR) is 66.2 cm³/mol. The molecule has 0 aliphatic carbocycles. The summed E-state index contributed by atoms with van der Waals surface area (Å²) in [5.74, 6) is -0.149. The fourth-order valence-corrected chi connectivity index (χ4v) is 1.67. The van der Waals surface area contributed by atoms with Crippen molar-refractivity contribution in [2.24, 2.45) is 5.73 Å². The number of amides is 1. The van der Waals surface area contributed by atoms with Gasteiger partial charge in [-0.2, -0.15) is 5.10 Å². The van der Waals surface area contributed by atoms with E-state index in [1.807, 2.05) is 6.92 Å². The number of hydrogen-bond acceptors (Lipinski definition) is 3. The van der Waals surface area contributed by atoms with Crippen LogP contribution in [0.15, 0.2) is 24.4 Å². The van der Waals surface area contributed by atoms with Crippen molar-refractivity contribution in [2.45, 2.75) is 6.92 Å². The van der Waals surface area contributed by atoms with Crippen LogP contribution in [-0.4, -0.2) is 15.7 Å². The Labute approximate surface area is 103 Å². The number of carbonyl (C=O) groups is 1. The Bertz CT molecular complexity index is 572. The van der Waals surface area contributed by atoms with Crippen LogP contribution in [0.5, 0.6) is 0 Å². The molecule has 1 aromatic heterocycles. The van der Waals surface area contributed by atoms with Crippen LogP contribution in [0.1, 0.15) is 15.9 Å². The zero-order chi connectivity index (χ0) is 12.6. The first-order chi connectivity index (χ1) is 7.99. The van der Waals surface area contributed by atoms with E-state index in [0.29, 0.717) is 22.1 Å². The normalized spacial score (nSPS) is 10.5. The first-order valence-corrected chi connectivity index (χ1v) is 5.28. The Kier molecular flexibility index (Phi) is 2.77. The summed E-state index contributed by atoms with van der Waals surface area (Å²) in [4.78, 5) is 11.3. The molecular formula is C11H11ClN4O. The van der Waals surface area contributed by atoms with E-state index in [1.165, 1.54) is 10.7 Å². The number of anilines is 1. The highest BCUT2D eigenvalue weighted by Gasteiger charge is 2.12. The molecule has 0 aliphatic heterocycles. The Hall–Kier alpha value is -2.01. The van der Waals surface area contributed by atoms with E-state index in [2.05, 4.69) is 5.10 Å². The number of carbonyl (C=O) groups excluding carboxylic acids is 1. The monoisotopic (exact) mass is 250 g/mol. The van der Waals surface area contributed by atoms with E-state index < -0.39 is 5.91 Å². The van der Waals surface area contributed by atoms with E-state index in [-0.39, 0.29) is 0 Å². The highest BCUT2D eigenvalue weighted by Crippen LogP contribution is 2.20. The minimum atomic E-state index is -0.561. The second-order valence-electron chi connectivity index (χ2n) is 3.67. The lowest BCUT2D eigenvalue weighted by molar-refractivity contribution is 0.1000. The van der Waals surface area contributed by atoms with Gasteiger partial charge in [-0.25, -0.2) is 4.68 Å². The molecule has 0 unspecified atom stereocenters. The quantitative estimate of drug-likeness (QED) is 0.847. The second-order valence-corrected chi connectivity index (χ2v) is 4.10. The van der Waals surface area contributed by atoms with Gasteiger partial charge in [0.1, 0.15) is 5.82 Å². The number of nitrogen functional groups attached to an aromatic ring is 1. The third kappa shape index (κ3) is 2.09. The number of nitrogens with two attached hydrogens (primary N) is 2. The largest absolute Gasteiger partial charge is 0.382 e. The molecule has 0 atom stereocenters. The SMILES string of the molecule is Cc1cn(-c2ccc(Cl)cc2C(N)=O)nc1N. The summed E-state index contributed by atoms with van der Waals surface area (Å²) in [5.41, 5.74) is 12.6. The maximum absolute atomic E-state index is 11.3. The van der Waals surface area contributed by atoms with Gasteiger partial charge in [-0.15, -0.1) is 0 Å². The van der Waals surface area contributed by atoms with Crippen molar-refractivity contribution in [1.82, 2.24) is 9.78 Å². The predicted octanol–water partition coefficient (Wildman–Crippen LogP) is 1.52. The van der Waals surface area contributed by atoms with E-state index in [9.17, 15) is 4.79 Å².